The van der Waals surface area contributed by atoms with Crippen LogP contribution < -0.4 is 10.6 Å². The van der Waals surface area contributed by atoms with Gasteiger partial charge >= 0.3 is 5.69 Å². The van der Waals surface area contributed by atoms with Gasteiger partial charge in [0.25, 0.3) is 0 Å². The standard InChI is InChI=1S/C16H25N3O2/c1-3-16(10-5-6-11-16)12-18-14-9-7-8-13(17-4-2)15(14)19(20)21/h7-9,17-18H,3-6,10-12H2,1-2H3. The van der Waals surface area contributed by atoms with Crippen molar-refractivity contribution in [3.8, 4) is 0 Å². The predicted molar refractivity (Wildman–Crippen MR) is 86.9 cm³/mol. The lowest BCUT2D eigenvalue weighted by atomic mass is 9.83. The largest absolute Gasteiger partial charge is 0.380 e. The zero-order valence-corrected chi connectivity index (χ0v) is 12.9. The Bertz CT molecular complexity index is 496. The molecule has 0 unspecified atom stereocenters. The molecule has 0 spiro atoms. The second-order valence-corrected chi connectivity index (χ2v) is 5.90. The van der Waals surface area contributed by atoms with Crippen molar-refractivity contribution < 1.29 is 4.92 Å². The van der Waals surface area contributed by atoms with Gasteiger partial charge in [-0.2, -0.15) is 0 Å². The zero-order chi connectivity index (χ0) is 15.3. The normalized spacial score (nSPS) is 16.7. The summed E-state index contributed by atoms with van der Waals surface area (Å²) in [5.74, 6) is 0. The number of nitro benzene ring substituents is 1. The Morgan fingerprint density at radius 1 is 1.19 bits per heavy atom. The highest BCUT2D eigenvalue weighted by molar-refractivity contribution is 5.76. The highest BCUT2D eigenvalue weighted by Crippen LogP contribution is 2.42. The van der Waals surface area contributed by atoms with Crippen molar-refractivity contribution in [1.29, 1.82) is 0 Å². The second kappa shape index (κ2) is 6.78. The van der Waals surface area contributed by atoms with Crippen molar-refractivity contribution in [3.63, 3.8) is 0 Å². The molecule has 5 heteroatoms. The number of hydrogen-bond donors (Lipinski definition) is 2. The molecule has 0 heterocycles. The Labute approximate surface area is 126 Å². The van der Waals surface area contributed by atoms with Gasteiger partial charge in [0, 0.05) is 13.1 Å². The predicted octanol–water partition coefficient (Wildman–Crippen LogP) is 4.41. The summed E-state index contributed by atoms with van der Waals surface area (Å²) in [4.78, 5) is 11.1. The summed E-state index contributed by atoms with van der Waals surface area (Å²) >= 11 is 0. The van der Waals surface area contributed by atoms with E-state index in [0.717, 1.165) is 13.0 Å². The minimum Gasteiger partial charge on any atom is -0.380 e. The third kappa shape index (κ3) is 3.46. The van der Waals surface area contributed by atoms with E-state index in [1.807, 2.05) is 13.0 Å². The Morgan fingerprint density at radius 3 is 2.33 bits per heavy atom. The molecule has 1 aromatic rings. The third-order valence-corrected chi connectivity index (χ3v) is 4.65. The topological polar surface area (TPSA) is 67.2 Å². The average molecular weight is 291 g/mol. The second-order valence-electron chi connectivity index (χ2n) is 5.90. The van der Waals surface area contributed by atoms with Gasteiger partial charge in [0.1, 0.15) is 11.4 Å². The molecule has 21 heavy (non-hydrogen) atoms. The molecular weight excluding hydrogens is 266 g/mol. The average Bonchev–Trinajstić information content (AvgIpc) is 2.95. The third-order valence-electron chi connectivity index (χ3n) is 4.65. The van der Waals surface area contributed by atoms with Gasteiger partial charge in [-0.25, -0.2) is 0 Å². The summed E-state index contributed by atoms with van der Waals surface area (Å²) < 4.78 is 0. The van der Waals surface area contributed by atoms with Gasteiger partial charge in [-0.15, -0.1) is 0 Å². The molecule has 0 atom stereocenters. The van der Waals surface area contributed by atoms with Crippen LogP contribution in [0, 0.1) is 15.5 Å². The quantitative estimate of drug-likeness (QED) is 0.577. The van der Waals surface area contributed by atoms with E-state index in [4.69, 9.17) is 0 Å². The Hall–Kier alpha value is -1.78. The number of hydrogen-bond acceptors (Lipinski definition) is 4. The molecule has 2 N–H and O–H groups in total. The SMILES string of the molecule is CCNc1cccc(NCC2(CC)CCCC2)c1[N+](=O)[O-]. The molecule has 0 aromatic heterocycles. The first-order valence-electron chi connectivity index (χ1n) is 7.87. The molecular formula is C16H25N3O2. The Morgan fingerprint density at radius 2 is 1.81 bits per heavy atom. The maximum atomic E-state index is 11.4. The summed E-state index contributed by atoms with van der Waals surface area (Å²) in [5.41, 5.74) is 1.67. The molecule has 2 rings (SSSR count). The van der Waals surface area contributed by atoms with Crippen molar-refractivity contribution >= 4 is 17.1 Å². The molecule has 0 bridgehead atoms. The highest BCUT2D eigenvalue weighted by Gasteiger charge is 2.32. The summed E-state index contributed by atoms with van der Waals surface area (Å²) in [7, 11) is 0. The number of rotatable bonds is 7. The van der Waals surface area contributed by atoms with Gasteiger partial charge in [0.2, 0.25) is 0 Å². The summed E-state index contributed by atoms with van der Waals surface area (Å²) in [6.45, 7) is 5.65. The maximum Gasteiger partial charge on any atom is 0.315 e. The molecule has 0 aliphatic heterocycles. The first kappa shape index (κ1) is 15.6. The molecule has 116 valence electrons. The van der Waals surface area contributed by atoms with Crippen LogP contribution in [-0.2, 0) is 0 Å². The van der Waals surface area contributed by atoms with E-state index in [0.29, 0.717) is 23.3 Å². The monoisotopic (exact) mass is 291 g/mol. The van der Waals surface area contributed by atoms with Crippen molar-refractivity contribution in [3.05, 3.63) is 28.3 Å². The molecule has 5 nitrogen and oxygen atoms in total. The van der Waals surface area contributed by atoms with E-state index in [-0.39, 0.29) is 10.6 Å². The number of nitrogens with one attached hydrogen (secondary N) is 2. The summed E-state index contributed by atoms with van der Waals surface area (Å²) in [6.07, 6.45) is 6.11. The van der Waals surface area contributed by atoms with Gasteiger partial charge in [0.05, 0.1) is 4.92 Å². The highest BCUT2D eigenvalue weighted by atomic mass is 16.6. The molecule has 1 saturated carbocycles. The van der Waals surface area contributed by atoms with Crippen molar-refractivity contribution in [1.82, 2.24) is 0 Å². The minimum absolute atomic E-state index is 0.156. The first-order valence-corrected chi connectivity index (χ1v) is 7.87. The van der Waals surface area contributed by atoms with Crippen LogP contribution in [0.2, 0.25) is 0 Å². The van der Waals surface area contributed by atoms with Crippen LogP contribution in [0.5, 0.6) is 0 Å². The first-order chi connectivity index (χ1) is 10.1. The molecule has 1 fully saturated rings. The van der Waals surface area contributed by atoms with Gasteiger partial charge in [-0.3, -0.25) is 10.1 Å². The molecule has 0 radical (unpaired) electrons. The Kier molecular flexibility index (Phi) is 5.04. The number of anilines is 2. The van der Waals surface area contributed by atoms with Crippen molar-refractivity contribution in [2.75, 3.05) is 23.7 Å². The van der Waals surface area contributed by atoms with E-state index >= 15 is 0 Å². The van der Waals surface area contributed by atoms with Crippen LogP contribution in [-0.4, -0.2) is 18.0 Å². The van der Waals surface area contributed by atoms with Crippen molar-refractivity contribution in [2.24, 2.45) is 5.41 Å². The minimum atomic E-state index is -0.298. The fourth-order valence-corrected chi connectivity index (χ4v) is 3.28. The lowest BCUT2D eigenvalue weighted by Crippen LogP contribution is -2.26. The van der Waals surface area contributed by atoms with E-state index in [9.17, 15) is 10.1 Å². The van der Waals surface area contributed by atoms with Gasteiger partial charge < -0.3 is 10.6 Å². The van der Waals surface area contributed by atoms with E-state index in [2.05, 4.69) is 17.6 Å². The van der Waals surface area contributed by atoms with Gasteiger partial charge in [-0.1, -0.05) is 25.8 Å². The molecule has 1 aromatic carbocycles. The van der Waals surface area contributed by atoms with Gasteiger partial charge in [0.15, 0.2) is 0 Å². The van der Waals surface area contributed by atoms with E-state index in [1.54, 1.807) is 12.1 Å². The zero-order valence-electron chi connectivity index (χ0n) is 12.9. The van der Waals surface area contributed by atoms with Crippen LogP contribution in [0.1, 0.15) is 46.0 Å². The summed E-state index contributed by atoms with van der Waals surface area (Å²) in [6, 6.07) is 5.43. The lowest BCUT2D eigenvalue weighted by molar-refractivity contribution is -0.383. The number of para-hydroxylation sites is 1. The number of nitrogens with zero attached hydrogens (tertiary/aromatic N) is 1. The fourth-order valence-electron chi connectivity index (χ4n) is 3.28. The molecule has 0 saturated heterocycles. The number of benzene rings is 1. The molecule has 1 aliphatic carbocycles. The lowest BCUT2D eigenvalue weighted by Gasteiger charge is -2.28. The van der Waals surface area contributed by atoms with Gasteiger partial charge in [-0.05, 0) is 43.7 Å². The van der Waals surface area contributed by atoms with E-state index < -0.39 is 0 Å². The maximum absolute atomic E-state index is 11.4. The van der Waals surface area contributed by atoms with Crippen LogP contribution in [0.25, 0.3) is 0 Å². The van der Waals surface area contributed by atoms with E-state index in [1.165, 1.54) is 25.7 Å². The van der Waals surface area contributed by atoms with Crippen LogP contribution in [0.4, 0.5) is 17.1 Å². The van der Waals surface area contributed by atoms with Crippen LogP contribution >= 0.6 is 0 Å². The fraction of sp³-hybridized carbons (Fsp3) is 0.625. The molecule has 0 amide bonds. The van der Waals surface area contributed by atoms with Crippen LogP contribution in [0.15, 0.2) is 18.2 Å². The molecule has 1 aliphatic rings. The number of nitro groups is 1. The Balaban J connectivity index is 2.19. The van der Waals surface area contributed by atoms with Crippen LogP contribution in [0.3, 0.4) is 0 Å². The smallest absolute Gasteiger partial charge is 0.315 e. The van der Waals surface area contributed by atoms with Crippen molar-refractivity contribution in [2.45, 2.75) is 46.0 Å². The summed E-state index contributed by atoms with van der Waals surface area (Å²) in [5, 5.41) is 17.8.